The standard InChI is InChI=1S/C37H48N2/c1-5-7-9-11-18-24-38-28-33-36(30-22-16-17-23-34(30)38)31-26-35(29-20-14-13-15-21-29)39(25-19-12-10-8-6-2)27-32(31)37(33,3)4/h13-17,20-23,26-28H,5-12,18-19,24-25H2,1-4H3/q+2. The van der Waals surface area contributed by atoms with E-state index in [1.807, 2.05) is 0 Å². The summed E-state index contributed by atoms with van der Waals surface area (Å²) in [6.45, 7) is 11.6. The summed E-state index contributed by atoms with van der Waals surface area (Å²) in [6.07, 6.45) is 18.1. The Balaban J connectivity index is 1.59. The molecule has 0 atom stereocenters. The van der Waals surface area contributed by atoms with Crippen LogP contribution in [-0.4, -0.2) is 0 Å². The lowest BCUT2D eigenvalue weighted by Gasteiger charge is -2.20. The number of fused-ring (bicyclic) bond motifs is 5. The number of para-hydroxylation sites is 1. The van der Waals surface area contributed by atoms with Crippen LogP contribution in [0.3, 0.4) is 0 Å². The van der Waals surface area contributed by atoms with Gasteiger partial charge in [0.2, 0.25) is 11.2 Å². The molecule has 4 aromatic rings. The quantitative estimate of drug-likeness (QED) is 0.123. The maximum Gasteiger partial charge on any atom is 0.213 e. The number of unbranched alkanes of at least 4 members (excludes halogenated alkanes) is 8. The van der Waals surface area contributed by atoms with Crippen LogP contribution in [0.1, 0.15) is 103 Å². The smallest absolute Gasteiger partial charge is 0.198 e. The minimum absolute atomic E-state index is 0.0299. The number of hydrogen-bond acceptors (Lipinski definition) is 0. The first-order valence-corrected chi connectivity index (χ1v) is 15.7. The minimum Gasteiger partial charge on any atom is -0.198 e. The highest BCUT2D eigenvalue weighted by Crippen LogP contribution is 2.50. The number of rotatable bonds is 13. The molecule has 0 saturated carbocycles. The maximum atomic E-state index is 2.55. The summed E-state index contributed by atoms with van der Waals surface area (Å²) in [5, 5.41) is 1.40. The Morgan fingerprint density at radius 2 is 1.21 bits per heavy atom. The van der Waals surface area contributed by atoms with E-state index in [-0.39, 0.29) is 5.41 Å². The van der Waals surface area contributed by atoms with Crippen LogP contribution in [0.15, 0.2) is 73.1 Å². The van der Waals surface area contributed by atoms with Crippen molar-refractivity contribution in [1.82, 2.24) is 0 Å². The third kappa shape index (κ3) is 5.67. The van der Waals surface area contributed by atoms with Crippen molar-refractivity contribution in [2.24, 2.45) is 0 Å². The molecule has 39 heavy (non-hydrogen) atoms. The van der Waals surface area contributed by atoms with Crippen LogP contribution in [0.25, 0.3) is 33.3 Å². The lowest BCUT2D eigenvalue weighted by Crippen LogP contribution is -2.38. The molecule has 2 aromatic heterocycles. The molecule has 2 heterocycles. The van der Waals surface area contributed by atoms with E-state index in [1.165, 1.54) is 109 Å². The molecule has 2 nitrogen and oxygen atoms in total. The summed E-state index contributed by atoms with van der Waals surface area (Å²) in [6, 6.07) is 22.6. The van der Waals surface area contributed by atoms with Gasteiger partial charge in [-0.15, -0.1) is 0 Å². The van der Waals surface area contributed by atoms with Gasteiger partial charge in [0.15, 0.2) is 12.4 Å². The molecule has 0 bridgehead atoms. The fourth-order valence-electron chi connectivity index (χ4n) is 6.58. The van der Waals surface area contributed by atoms with Crippen LogP contribution >= 0.6 is 0 Å². The van der Waals surface area contributed by atoms with Gasteiger partial charge in [0, 0.05) is 52.6 Å². The van der Waals surface area contributed by atoms with E-state index in [1.54, 1.807) is 0 Å². The number of nitrogens with zero attached hydrogens (tertiary/aromatic N) is 2. The van der Waals surface area contributed by atoms with Crippen molar-refractivity contribution in [3.63, 3.8) is 0 Å². The van der Waals surface area contributed by atoms with Gasteiger partial charge < -0.3 is 0 Å². The normalized spacial score (nSPS) is 13.5. The monoisotopic (exact) mass is 520 g/mol. The number of aryl methyl sites for hydroxylation is 2. The van der Waals surface area contributed by atoms with E-state index in [9.17, 15) is 0 Å². The van der Waals surface area contributed by atoms with Crippen molar-refractivity contribution in [3.8, 4) is 22.4 Å². The summed E-state index contributed by atoms with van der Waals surface area (Å²) in [4.78, 5) is 0. The predicted octanol–water partition coefficient (Wildman–Crippen LogP) is 9.33. The molecule has 0 N–H and O–H groups in total. The second-order valence-electron chi connectivity index (χ2n) is 12.1. The number of aromatic nitrogens is 2. The van der Waals surface area contributed by atoms with Gasteiger partial charge in [-0.2, -0.15) is 9.13 Å². The first-order chi connectivity index (χ1) is 19.1. The topological polar surface area (TPSA) is 7.76 Å². The van der Waals surface area contributed by atoms with Crippen molar-refractivity contribution < 1.29 is 9.13 Å². The molecule has 0 radical (unpaired) electrons. The van der Waals surface area contributed by atoms with E-state index in [0.717, 1.165) is 13.1 Å². The average molecular weight is 521 g/mol. The molecule has 0 saturated heterocycles. The van der Waals surface area contributed by atoms with Gasteiger partial charge in [0.1, 0.15) is 13.1 Å². The van der Waals surface area contributed by atoms with E-state index < -0.39 is 0 Å². The Labute approximate surface area is 236 Å². The van der Waals surface area contributed by atoms with Gasteiger partial charge in [-0.05, 0) is 36.6 Å². The zero-order valence-corrected chi connectivity index (χ0v) is 24.8. The molecule has 0 fully saturated rings. The number of pyridine rings is 2. The summed E-state index contributed by atoms with van der Waals surface area (Å²) in [5.74, 6) is 0. The van der Waals surface area contributed by atoms with Crippen LogP contribution in [-0.2, 0) is 18.5 Å². The lowest BCUT2D eigenvalue weighted by atomic mass is 9.83. The van der Waals surface area contributed by atoms with E-state index in [2.05, 4.69) is 110 Å². The summed E-state index contributed by atoms with van der Waals surface area (Å²) >= 11 is 0. The lowest BCUT2D eigenvalue weighted by molar-refractivity contribution is -0.687. The molecule has 1 aliphatic rings. The average Bonchev–Trinajstić information content (AvgIpc) is 3.18. The van der Waals surface area contributed by atoms with Crippen molar-refractivity contribution in [3.05, 3.63) is 84.2 Å². The van der Waals surface area contributed by atoms with Gasteiger partial charge in [-0.1, -0.05) is 96.6 Å². The van der Waals surface area contributed by atoms with Crippen LogP contribution in [0, 0.1) is 0 Å². The maximum absolute atomic E-state index is 2.55. The Morgan fingerprint density at radius 3 is 1.90 bits per heavy atom. The SMILES string of the molecule is CCCCCCC[n+]1cc2c(cc1-c1ccccc1)-c1c(c[n+](CCCCCCC)c3ccccc13)C2(C)C. The third-order valence-electron chi connectivity index (χ3n) is 8.89. The summed E-state index contributed by atoms with van der Waals surface area (Å²) in [7, 11) is 0. The van der Waals surface area contributed by atoms with E-state index in [4.69, 9.17) is 0 Å². The highest BCUT2D eigenvalue weighted by atomic mass is 15.0. The zero-order valence-electron chi connectivity index (χ0n) is 24.8. The Bertz CT molecular complexity index is 1400. The predicted molar refractivity (Wildman–Crippen MR) is 165 cm³/mol. The van der Waals surface area contributed by atoms with Gasteiger partial charge in [0.05, 0.1) is 5.39 Å². The summed E-state index contributed by atoms with van der Waals surface area (Å²) < 4.78 is 5.10. The molecule has 0 amide bonds. The highest BCUT2D eigenvalue weighted by Gasteiger charge is 2.42. The molecule has 204 valence electrons. The third-order valence-corrected chi connectivity index (χ3v) is 8.89. The fourth-order valence-corrected chi connectivity index (χ4v) is 6.58. The Hall–Kier alpha value is -3.00. The highest BCUT2D eigenvalue weighted by molar-refractivity contribution is 5.99. The Morgan fingerprint density at radius 1 is 0.615 bits per heavy atom. The fraction of sp³-hybridized carbons (Fsp3) is 0.459. The molecule has 0 unspecified atom stereocenters. The largest absolute Gasteiger partial charge is 0.213 e. The van der Waals surface area contributed by atoms with Crippen LogP contribution in [0.4, 0.5) is 0 Å². The van der Waals surface area contributed by atoms with Crippen molar-refractivity contribution >= 4 is 10.9 Å². The molecular weight excluding hydrogens is 472 g/mol. The van der Waals surface area contributed by atoms with Crippen LogP contribution in [0.2, 0.25) is 0 Å². The first-order valence-electron chi connectivity index (χ1n) is 15.7. The minimum atomic E-state index is -0.0299. The Kier molecular flexibility index (Phi) is 8.80. The molecule has 1 aliphatic carbocycles. The van der Waals surface area contributed by atoms with Gasteiger partial charge >= 0.3 is 0 Å². The van der Waals surface area contributed by atoms with Crippen molar-refractivity contribution in [2.75, 3.05) is 0 Å². The molecule has 0 aliphatic heterocycles. The second-order valence-corrected chi connectivity index (χ2v) is 12.1. The molecule has 5 rings (SSSR count). The van der Waals surface area contributed by atoms with E-state index >= 15 is 0 Å². The molecule has 2 aromatic carbocycles. The first kappa shape index (κ1) is 27.6. The van der Waals surface area contributed by atoms with Crippen LogP contribution in [0.5, 0.6) is 0 Å². The molecular formula is C37H48N2+2. The van der Waals surface area contributed by atoms with E-state index in [0.29, 0.717) is 0 Å². The second kappa shape index (κ2) is 12.5. The number of hydrogen-bond donors (Lipinski definition) is 0. The molecule has 0 spiro atoms. The number of benzene rings is 2. The molecule has 2 heteroatoms. The van der Waals surface area contributed by atoms with Crippen molar-refractivity contribution in [2.45, 2.75) is 110 Å². The van der Waals surface area contributed by atoms with Gasteiger partial charge in [-0.25, -0.2) is 0 Å². The summed E-state index contributed by atoms with van der Waals surface area (Å²) in [5.41, 5.74) is 9.79. The van der Waals surface area contributed by atoms with Crippen LogP contribution < -0.4 is 9.13 Å². The zero-order chi connectivity index (χ0) is 27.2. The van der Waals surface area contributed by atoms with Gasteiger partial charge in [0.25, 0.3) is 0 Å². The van der Waals surface area contributed by atoms with Crippen molar-refractivity contribution in [1.29, 1.82) is 0 Å². The van der Waals surface area contributed by atoms with Gasteiger partial charge in [-0.3, -0.25) is 0 Å².